The van der Waals surface area contributed by atoms with Crippen molar-refractivity contribution < 1.29 is 18.4 Å². The van der Waals surface area contributed by atoms with Gasteiger partial charge in [0.2, 0.25) is 0 Å². The molecule has 8 nitrogen and oxygen atoms in total. The molecule has 168 valence electrons. The number of aromatic amines is 1. The average Bonchev–Trinajstić information content (AvgIpc) is 3.41. The Kier molecular flexibility index (Phi) is 6.67. The lowest BCUT2D eigenvalue weighted by molar-refractivity contribution is 0.144. The predicted molar refractivity (Wildman–Crippen MR) is 121 cm³/mol. The Morgan fingerprint density at radius 3 is 2.69 bits per heavy atom. The minimum Gasteiger partial charge on any atom is -0.488 e. The zero-order valence-electron chi connectivity index (χ0n) is 18.3. The summed E-state index contributed by atoms with van der Waals surface area (Å²) in [5.41, 5.74) is 3.76. The average molecular weight is 439 g/mol. The standard InChI is InChI=1S/C23H26FN5O3/c1-29(2)9-8-25-16-6-4-15(5-7-16)19-13-22(32-28-19)23-17-12-18(24)21(31-11-10-30-3)14-20(17)26-27-23/h4-7,12-14,25H,8-11H2,1-3H3,(H,26,27). The number of likely N-dealkylation sites (N-methyl/N-ethyl adjacent to an activating group) is 1. The number of halogens is 1. The molecule has 2 heterocycles. The third kappa shape index (κ3) is 4.90. The van der Waals surface area contributed by atoms with E-state index >= 15 is 0 Å². The first-order chi connectivity index (χ1) is 15.5. The highest BCUT2D eigenvalue weighted by Crippen LogP contribution is 2.33. The van der Waals surface area contributed by atoms with E-state index in [-0.39, 0.29) is 12.4 Å². The maximum atomic E-state index is 14.5. The molecule has 4 rings (SSSR count). The fourth-order valence-corrected chi connectivity index (χ4v) is 3.26. The van der Waals surface area contributed by atoms with E-state index in [9.17, 15) is 4.39 Å². The largest absolute Gasteiger partial charge is 0.488 e. The van der Waals surface area contributed by atoms with Crippen molar-refractivity contribution in [3.05, 3.63) is 48.3 Å². The second-order valence-electron chi connectivity index (χ2n) is 7.63. The first-order valence-electron chi connectivity index (χ1n) is 10.3. The summed E-state index contributed by atoms with van der Waals surface area (Å²) in [7, 11) is 5.65. The van der Waals surface area contributed by atoms with Gasteiger partial charge >= 0.3 is 0 Å². The zero-order chi connectivity index (χ0) is 22.5. The van der Waals surface area contributed by atoms with Crippen molar-refractivity contribution in [3.8, 4) is 28.5 Å². The lowest BCUT2D eigenvalue weighted by Crippen LogP contribution is -2.20. The molecule has 0 unspecified atom stereocenters. The van der Waals surface area contributed by atoms with Gasteiger partial charge in [-0.25, -0.2) is 4.39 Å². The van der Waals surface area contributed by atoms with Gasteiger partial charge in [-0.15, -0.1) is 0 Å². The number of nitrogens with zero attached hydrogens (tertiary/aromatic N) is 3. The lowest BCUT2D eigenvalue weighted by atomic mass is 10.1. The van der Waals surface area contributed by atoms with Crippen molar-refractivity contribution >= 4 is 16.6 Å². The van der Waals surface area contributed by atoms with Crippen molar-refractivity contribution in [3.63, 3.8) is 0 Å². The Morgan fingerprint density at radius 2 is 1.94 bits per heavy atom. The molecule has 0 saturated heterocycles. The molecule has 0 aliphatic heterocycles. The Hall–Kier alpha value is -3.43. The quantitative estimate of drug-likeness (QED) is 0.361. The van der Waals surface area contributed by atoms with Crippen molar-refractivity contribution in [1.82, 2.24) is 20.3 Å². The van der Waals surface area contributed by atoms with Crippen LogP contribution in [0, 0.1) is 5.82 Å². The second kappa shape index (κ2) is 9.80. The van der Waals surface area contributed by atoms with E-state index in [1.54, 1.807) is 19.2 Å². The molecule has 0 bridgehead atoms. The first-order valence-corrected chi connectivity index (χ1v) is 10.3. The molecule has 2 N–H and O–H groups in total. The monoisotopic (exact) mass is 439 g/mol. The van der Waals surface area contributed by atoms with Crippen molar-refractivity contribution in [1.29, 1.82) is 0 Å². The maximum absolute atomic E-state index is 14.5. The highest BCUT2D eigenvalue weighted by atomic mass is 19.1. The Bertz CT molecular complexity index is 1170. The molecule has 0 spiro atoms. The molecule has 2 aromatic carbocycles. The summed E-state index contributed by atoms with van der Waals surface area (Å²) in [6.45, 7) is 2.45. The highest BCUT2D eigenvalue weighted by molar-refractivity contribution is 5.92. The molecular weight excluding hydrogens is 413 g/mol. The van der Waals surface area contributed by atoms with E-state index in [2.05, 4.69) is 25.6 Å². The number of methoxy groups -OCH3 is 1. The molecule has 0 aliphatic carbocycles. The summed E-state index contributed by atoms with van der Waals surface area (Å²) >= 11 is 0. The van der Waals surface area contributed by atoms with Gasteiger partial charge in [0.1, 0.15) is 18.0 Å². The fraction of sp³-hybridized carbons (Fsp3) is 0.304. The molecule has 4 aromatic rings. The predicted octanol–water partition coefficient (Wildman–Crippen LogP) is 4.02. The van der Waals surface area contributed by atoms with Crippen LogP contribution in [0.2, 0.25) is 0 Å². The van der Waals surface area contributed by atoms with E-state index in [0.29, 0.717) is 34.7 Å². The van der Waals surface area contributed by atoms with Crippen LogP contribution in [0.5, 0.6) is 5.75 Å². The van der Waals surface area contributed by atoms with E-state index < -0.39 is 5.82 Å². The fourth-order valence-electron chi connectivity index (χ4n) is 3.26. The molecular formula is C23H26FN5O3. The van der Waals surface area contributed by atoms with Gasteiger partial charge in [0.05, 0.1) is 12.1 Å². The van der Waals surface area contributed by atoms with Gasteiger partial charge < -0.3 is 24.2 Å². The lowest BCUT2D eigenvalue weighted by Gasteiger charge is -2.11. The van der Waals surface area contributed by atoms with Crippen LogP contribution in [0.4, 0.5) is 10.1 Å². The van der Waals surface area contributed by atoms with Gasteiger partial charge in [0.15, 0.2) is 17.3 Å². The SMILES string of the molecule is COCCOc1cc2[nH]nc(-c3cc(-c4ccc(NCCN(C)C)cc4)no3)c2cc1F. The number of hydrogen-bond acceptors (Lipinski definition) is 7. The molecule has 0 saturated carbocycles. The van der Waals surface area contributed by atoms with E-state index in [1.807, 2.05) is 38.4 Å². The second-order valence-corrected chi connectivity index (χ2v) is 7.63. The number of nitrogens with one attached hydrogen (secondary N) is 2. The van der Waals surface area contributed by atoms with E-state index in [4.69, 9.17) is 14.0 Å². The smallest absolute Gasteiger partial charge is 0.188 e. The minimum atomic E-state index is -0.478. The Balaban J connectivity index is 1.51. The van der Waals surface area contributed by atoms with Crippen LogP contribution in [-0.2, 0) is 4.74 Å². The number of benzene rings is 2. The molecule has 0 atom stereocenters. The summed E-state index contributed by atoms with van der Waals surface area (Å²) in [4.78, 5) is 2.12. The van der Waals surface area contributed by atoms with E-state index in [0.717, 1.165) is 24.3 Å². The molecule has 0 fully saturated rings. The molecule has 2 aromatic heterocycles. The van der Waals surface area contributed by atoms with Gasteiger partial charge in [0, 0.05) is 49.0 Å². The summed E-state index contributed by atoms with van der Waals surface area (Å²) in [5, 5.41) is 15.3. The molecule has 0 amide bonds. The Morgan fingerprint density at radius 1 is 1.12 bits per heavy atom. The number of fused-ring (bicyclic) bond motifs is 1. The maximum Gasteiger partial charge on any atom is 0.188 e. The van der Waals surface area contributed by atoms with Gasteiger partial charge in [-0.1, -0.05) is 17.3 Å². The zero-order valence-corrected chi connectivity index (χ0v) is 18.3. The van der Waals surface area contributed by atoms with Crippen LogP contribution < -0.4 is 10.1 Å². The summed E-state index contributed by atoms with van der Waals surface area (Å²) in [6.07, 6.45) is 0. The third-order valence-corrected chi connectivity index (χ3v) is 4.97. The number of anilines is 1. The Labute approximate surface area is 185 Å². The number of rotatable bonds is 10. The van der Waals surface area contributed by atoms with Crippen molar-refractivity contribution in [2.24, 2.45) is 0 Å². The van der Waals surface area contributed by atoms with Gasteiger partial charge in [-0.05, 0) is 32.3 Å². The summed E-state index contributed by atoms with van der Waals surface area (Å²) in [5.74, 6) is 0.113. The van der Waals surface area contributed by atoms with Crippen LogP contribution >= 0.6 is 0 Å². The number of aromatic nitrogens is 3. The topological polar surface area (TPSA) is 88.4 Å². The first kappa shape index (κ1) is 21.8. The molecule has 9 heteroatoms. The van der Waals surface area contributed by atoms with Crippen LogP contribution in [0.25, 0.3) is 33.6 Å². The summed E-state index contributed by atoms with van der Waals surface area (Å²) < 4.78 is 30.4. The van der Waals surface area contributed by atoms with E-state index in [1.165, 1.54) is 6.07 Å². The molecule has 32 heavy (non-hydrogen) atoms. The number of H-pyrrole nitrogens is 1. The van der Waals surface area contributed by atoms with Gasteiger partial charge in [-0.3, -0.25) is 5.10 Å². The normalized spacial score (nSPS) is 11.4. The van der Waals surface area contributed by atoms with Crippen molar-refractivity contribution in [2.45, 2.75) is 0 Å². The van der Waals surface area contributed by atoms with Crippen LogP contribution in [-0.4, -0.2) is 67.8 Å². The van der Waals surface area contributed by atoms with Crippen molar-refractivity contribution in [2.75, 3.05) is 52.8 Å². The van der Waals surface area contributed by atoms with Gasteiger partial charge in [-0.2, -0.15) is 5.10 Å². The van der Waals surface area contributed by atoms with Gasteiger partial charge in [0.25, 0.3) is 0 Å². The minimum absolute atomic E-state index is 0.141. The molecule has 0 aliphatic rings. The number of hydrogen-bond donors (Lipinski definition) is 2. The number of ether oxygens (including phenoxy) is 2. The van der Waals surface area contributed by atoms with Crippen LogP contribution in [0.1, 0.15) is 0 Å². The summed E-state index contributed by atoms with van der Waals surface area (Å²) in [6, 6.07) is 12.7. The highest BCUT2D eigenvalue weighted by Gasteiger charge is 2.17. The van der Waals surface area contributed by atoms with Crippen LogP contribution in [0.3, 0.4) is 0 Å². The van der Waals surface area contributed by atoms with Crippen LogP contribution in [0.15, 0.2) is 47.0 Å². The third-order valence-electron chi connectivity index (χ3n) is 4.97. The molecule has 0 radical (unpaired) electrons.